The third kappa shape index (κ3) is 6.66. The lowest BCUT2D eigenvalue weighted by molar-refractivity contribution is 0.525. The second-order valence-corrected chi connectivity index (χ2v) is 16.2. The molecule has 0 saturated heterocycles. The highest BCUT2D eigenvalue weighted by atomic mass is 31.1. The molecule has 0 spiro atoms. The number of rotatable bonds is 5. The number of hydrogen-bond donors (Lipinski definition) is 0. The van der Waals surface area contributed by atoms with E-state index in [4.69, 9.17) is 4.52 Å². The Labute approximate surface area is 262 Å². The molecule has 0 radical (unpaired) electrons. The maximum atomic E-state index is 12.3. The van der Waals surface area contributed by atoms with Crippen LogP contribution in [0.2, 0.25) is 0 Å². The molecule has 2 nitrogen and oxygen atoms in total. The van der Waals surface area contributed by atoms with Gasteiger partial charge in [0.1, 0.15) is 0 Å². The topological polar surface area (TPSA) is 26.3 Å². The van der Waals surface area contributed by atoms with Gasteiger partial charge in [-0.25, -0.2) is 0 Å². The second-order valence-electron chi connectivity index (χ2n) is 15.9. The van der Waals surface area contributed by atoms with Gasteiger partial charge in [-0.15, -0.1) is 0 Å². The summed E-state index contributed by atoms with van der Waals surface area (Å²) in [5, 5.41) is 0. The average Bonchev–Trinajstić information content (AvgIpc) is 2.90. The van der Waals surface area contributed by atoms with E-state index in [1.54, 1.807) is 0 Å². The minimum Gasteiger partial charge on any atom is -0.255 e. The molecular formula is C40H50O2P+. The normalized spacial score (nSPS) is 12.9. The zero-order valence-electron chi connectivity index (χ0n) is 28.3. The van der Waals surface area contributed by atoms with Gasteiger partial charge >= 0.3 is 8.69 Å². The van der Waals surface area contributed by atoms with Crippen molar-refractivity contribution in [2.75, 3.05) is 0 Å². The Morgan fingerprint density at radius 3 is 1.21 bits per heavy atom. The van der Waals surface area contributed by atoms with Crippen LogP contribution in [0.4, 0.5) is 0 Å². The first-order valence-electron chi connectivity index (χ1n) is 15.4. The van der Waals surface area contributed by atoms with Gasteiger partial charge in [0.15, 0.2) is 5.75 Å². The van der Waals surface area contributed by atoms with Crippen LogP contribution in [0.25, 0.3) is 33.4 Å². The van der Waals surface area contributed by atoms with E-state index in [0.29, 0.717) is 5.75 Å². The van der Waals surface area contributed by atoms with Gasteiger partial charge in [-0.3, -0.25) is 4.52 Å². The van der Waals surface area contributed by atoms with Gasteiger partial charge in [-0.05, 0) is 82.9 Å². The molecule has 0 aliphatic rings. The first-order valence-corrected chi connectivity index (χ1v) is 16.2. The fourth-order valence-corrected chi connectivity index (χ4v) is 6.48. The summed E-state index contributed by atoms with van der Waals surface area (Å²) < 4.78 is 18.4. The van der Waals surface area contributed by atoms with Crippen LogP contribution in [0.3, 0.4) is 0 Å². The summed E-state index contributed by atoms with van der Waals surface area (Å²) in [6, 6.07) is 28.3. The standard InChI is InChI=1S/C40H50O2P/c1-37(2,3)28-20-16-21-29(38(4,5)6)34(28)33-27(26-18-14-13-15-19-26)24-25-32(42-43-41)36(33)35-30(39(7,8)9)22-17-23-31(35)40(10,11)12/h13-25,43H,1-12H3/q+1. The van der Waals surface area contributed by atoms with Crippen LogP contribution in [0.1, 0.15) is 105 Å². The van der Waals surface area contributed by atoms with Crippen LogP contribution in [0.5, 0.6) is 5.75 Å². The van der Waals surface area contributed by atoms with Gasteiger partial charge in [0.05, 0.1) is 0 Å². The third-order valence-corrected chi connectivity index (χ3v) is 8.57. The fourth-order valence-electron chi connectivity index (χ4n) is 6.22. The van der Waals surface area contributed by atoms with Crippen molar-refractivity contribution in [3.63, 3.8) is 0 Å². The summed E-state index contributed by atoms with van der Waals surface area (Å²) >= 11 is 0. The Bertz CT molecular complexity index is 1550. The second kappa shape index (κ2) is 11.7. The van der Waals surface area contributed by atoms with Crippen molar-refractivity contribution < 1.29 is 9.09 Å². The summed E-state index contributed by atoms with van der Waals surface area (Å²) in [7, 11) is -0.917. The average molecular weight is 594 g/mol. The van der Waals surface area contributed by atoms with Gasteiger partial charge < -0.3 is 0 Å². The van der Waals surface area contributed by atoms with Gasteiger partial charge in [-0.2, -0.15) is 0 Å². The van der Waals surface area contributed by atoms with Crippen molar-refractivity contribution in [1.29, 1.82) is 0 Å². The van der Waals surface area contributed by atoms with Crippen molar-refractivity contribution in [3.05, 3.63) is 101 Å². The lowest BCUT2D eigenvalue weighted by Crippen LogP contribution is -2.21. The van der Waals surface area contributed by atoms with Crippen molar-refractivity contribution in [2.24, 2.45) is 0 Å². The molecule has 0 aliphatic carbocycles. The van der Waals surface area contributed by atoms with E-state index in [2.05, 4.69) is 156 Å². The van der Waals surface area contributed by atoms with Gasteiger partial charge in [0.25, 0.3) is 0 Å². The smallest absolute Gasteiger partial charge is 0.255 e. The SMILES string of the molecule is CC(C)(C)c1cccc(C(C)(C)C)c1-c1c(O[PH+]=O)ccc(-c2ccccc2)c1-c1c(C(C)(C)C)cccc1C(C)(C)C. The van der Waals surface area contributed by atoms with Gasteiger partial charge in [0, 0.05) is 11.1 Å². The third-order valence-electron chi connectivity index (χ3n) is 8.26. The van der Waals surface area contributed by atoms with Crippen molar-refractivity contribution in [3.8, 4) is 39.1 Å². The minimum atomic E-state index is -0.917. The van der Waals surface area contributed by atoms with E-state index in [0.717, 1.165) is 22.3 Å². The maximum absolute atomic E-state index is 12.3. The Balaban J connectivity index is 2.44. The molecule has 0 bridgehead atoms. The summed E-state index contributed by atoms with van der Waals surface area (Å²) in [4.78, 5) is 0. The summed E-state index contributed by atoms with van der Waals surface area (Å²) in [5.41, 5.74) is 11.3. The highest BCUT2D eigenvalue weighted by Crippen LogP contribution is 2.54. The molecule has 0 N–H and O–H groups in total. The van der Waals surface area contributed by atoms with E-state index in [-0.39, 0.29) is 21.7 Å². The molecule has 0 aromatic heterocycles. The Morgan fingerprint density at radius 1 is 0.442 bits per heavy atom. The van der Waals surface area contributed by atoms with Crippen molar-refractivity contribution in [2.45, 2.75) is 105 Å². The monoisotopic (exact) mass is 593 g/mol. The molecule has 0 aliphatic heterocycles. The molecule has 1 unspecified atom stereocenters. The Morgan fingerprint density at radius 2 is 0.837 bits per heavy atom. The van der Waals surface area contributed by atoms with E-state index in [1.165, 1.54) is 33.4 Å². The van der Waals surface area contributed by atoms with Gasteiger partial charge in [0.2, 0.25) is 0 Å². The molecule has 4 rings (SSSR count). The molecular weight excluding hydrogens is 543 g/mol. The molecule has 4 aromatic carbocycles. The molecule has 226 valence electrons. The van der Waals surface area contributed by atoms with E-state index >= 15 is 0 Å². The maximum Gasteiger partial charge on any atom is 0.542 e. The predicted octanol–water partition coefficient (Wildman–Crippen LogP) is 12.2. The van der Waals surface area contributed by atoms with E-state index < -0.39 is 8.69 Å². The molecule has 1 atom stereocenters. The van der Waals surface area contributed by atoms with Crippen LogP contribution >= 0.6 is 8.69 Å². The van der Waals surface area contributed by atoms with E-state index in [9.17, 15) is 4.57 Å². The highest BCUT2D eigenvalue weighted by Gasteiger charge is 2.35. The quantitative estimate of drug-likeness (QED) is 0.215. The lowest BCUT2D eigenvalue weighted by atomic mass is 9.69. The number of benzene rings is 4. The molecule has 0 heterocycles. The zero-order chi connectivity index (χ0) is 32.0. The predicted molar refractivity (Wildman–Crippen MR) is 187 cm³/mol. The fraction of sp³-hybridized carbons (Fsp3) is 0.400. The number of hydrogen-bond acceptors (Lipinski definition) is 2. The largest absolute Gasteiger partial charge is 0.542 e. The van der Waals surface area contributed by atoms with E-state index in [1.807, 2.05) is 6.07 Å². The van der Waals surface area contributed by atoms with Crippen LogP contribution < -0.4 is 4.52 Å². The summed E-state index contributed by atoms with van der Waals surface area (Å²) in [6.07, 6.45) is 0. The Kier molecular flexibility index (Phi) is 8.89. The van der Waals surface area contributed by atoms with Crippen molar-refractivity contribution in [1.82, 2.24) is 0 Å². The molecule has 0 saturated carbocycles. The summed E-state index contributed by atoms with van der Waals surface area (Å²) in [6.45, 7) is 27.4. The highest BCUT2D eigenvalue weighted by molar-refractivity contribution is 7.17. The first-order chi connectivity index (χ1) is 19.9. The molecule has 43 heavy (non-hydrogen) atoms. The lowest BCUT2D eigenvalue weighted by Gasteiger charge is -2.35. The minimum absolute atomic E-state index is 0.130. The Hall–Kier alpha value is -3.22. The molecule has 0 fully saturated rings. The van der Waals surface area contributed by atoms with Gasteiger partial charge in [-0.1, -0.05) is 150 Å². The molecule has 0 amide bonds. The first kappa shape index (κ1) is 32.7. The zero-order valence-corrected chi connectivity index (χ0v) is 29.3. The van der Waals surface area contributed by atoms with Crippen LogP contribution in [-0.4, -0.2) is 0 Å². The van der Waals surface area contributed by atoms with Crippen LogP contribution in [-0.2, 0) is 26.2 Å². The summed E-state index contributed by atoms with van der Waals surface area (Å²) in [5.74, 6) is 0.647. The van der Waals surface area contributed by atoms with Crippen LogP contribution in [0.15, 0.2) is 78.9 Å². The molecule has 4 aromatic rings. The molecule has 3 heteroatoms. The van der Waals surface area contributed by atoms with Crippen molar-refractivity contribution >= 4 is 8.69 Å². The van der Waals surface area contributed by atoms with Crippen LogP contribution in [0, 0.1) is 0 Å².